The van der Waals surface area contributed by atoms with Crippen molar-refractivity contribution in [1.82, 2.24) is 0 Å². The number of rotatable bonds is 9. The van der Waals surface area contributed by atoms with Crippen LogP contribution in [0, 0.1) is 0 Å². The van der Waals surface area contributed by atoms with Crippen LogP contribution < -0.4 is 10.5 Å². The van der Waals surface area contributed by atoms with Crippen LogP contribution in [0.15, 0.2) is 49.6 Å². The zero-order valence-corrected chi connectivity index (χ0v) is 16.9. The molecule has 0 bridgehead atoms. The minimum absolute atomic E-state index is 0.0608. The lowest BCUT2D eigenvalue weighted by Crippen LogP contribution is -2.18. The number of furan rings is 1. The van der Waals surface area contributed by atoms with Crippen molar-refractivity contribution in [1.29, 1.82) is 0 Å². The van der Waals surface area contributed by atoms with Crippen LogP contribution in [0.3, 0.4) is 0 Å². The van der Waals surface area contributed by atoms with Gasteiger partial charge in [0.05, 0.1) is 39.1 Å². The zero-order chi connectivity index (χ0) is 20.2. The monoisotopic (exact) mass is 436 g/mol. The van der Waals surface area contributed by atoms with Crippen LogP contribution in [0.25, 0.3) is 0 Å². The van der Waals surface area contributed by atoms with Crippen molar-refractivity contribution in [2.24, 2.45) is 5.14 Å². The van der Waals surface area contributed by atoms with E-state index in [9.17, 15) is 25.6 Å². The van der Waals surface area contributed by atoms with Crippen LogP contribution in [0.1, 0.15) is 25.5 Å². The van der Waals surface area contributed by atoms with Crippen LogP contribution in [0.5, 0.6) is 0 Å². The molecule has 0 radical (unpaired) electrons. The Labute approximate surface area is 160 Å². The second-order valence-electron chi connectivity index (χ2n) is 5.65. The molecule has 2 aromatic rings. The molecule has 1 atom stereocenters. The average Bonchev–Trinajstić information content (AvgIpc) is 3.08. The topological polar surface area (TPSA) is 157 Å². The molecule has 0 amide bonds. The Kier molecular flexibility index (Phi) is 6.81. The number of primary sulfonamides is 1. The predicted molar refractivity (Wildman–Crippen MR) is 99.8 cm³/mol. The van der Waals surface area contributed by atoms with E-state index in [1.807, 2.05) is 6.92 Å². The minimum atomic E-state index is -4.78. The fourth-order valence-electron chi connectivity index (χ4n) is 2.27. The molecule has 2 rings (SSSR count). The molecule has 4 N–H and O–H groups in total. The lowest BCUT2D eigenvalue weighted by molar-refractivity contribution is 0.482. The van der Waals surface area contributed by atoms with Crippen molar-refractivity contribution < 1.29 is 30.0 Å². The predicted octanol–water partition coefficient (Wildman–Crippen LogP) is 1.69. The highest BCUT2D eigenvalue weighted by molar-refractivity contribution is 7.91. The van der Waals surface area contributed by atoms with Crippen molar-refractivity contribution in [3.05, 3.63) is 36.3 Å². The molecule has 1 aromatic carbocycles. The lowest BCUT2D eigenvalue weighted by atomic mass is 10.3. The summed E-state index contributed by atoms with van der Waals surface area (Å²) in [5.74, 6) is 0.655. The van der Waals surface area contributed by atoms with Gasteiger partial charge in [0.1, 0.15) is 10.7 Å². The number of nitrogens with one attached hydrogen (secondary N) is 1. The Morgan fingerprint density at radius 3 is 2.44 bits per heavy atom. The van der Waals surface area contributed by atoms with E-state index in [1.165, 1.54) is 6.26 Å². The van der Waals surface area contributed by atoms with Crippen molar-refractivity contribution in [2.75, 3.05) is 11.1 Å². The van der Waals surface area contributed by atoms with Crippen LogP contribution in [0.2, 0.25) is 0 Å². The highest BCUT2D eigenvalue weighted by atomic mass is 32.2. The summed E-state index contributed by atoms with van der Waals surface area (Å²) < 4.78 is 74.4. The number of unbranched alkanes of at least 4 members (excludes halogenated alkanes) is 1. The third-order valence-electron chi connectivity index (χ3n) is 3.59. The highest BCUT2D eigenvalue weighted by Crippen LogP contribution is 2.31. The van der Waals surface area contributed by atoms with Gasteiger partial charge in [0.15, 0.2) is 0 Å². The van der Waals surface area contributed by atoms with E-state index >= 15 is 0 Å². The van der Waals surface area contributed by atoms with Crippen molar-refractivity contribution in [3.63, 3.8) is 0 Å². The Balaban J connectivity index is 2.60. The second-order valence-corrected chi connectivity index (χ2v) is 10.1. The van der Waals surface area contributed by atoms with Crippen LogP contribution in [-0.2, 0) is 37.5 Å². The number of anilines is 1. The van der Waals surface area contributed by atoms with Crippen LogP contribution in [0.4, 0.5) is 5.69 Å². The van der Waals surface area contributed by atoms with Gasteiger partial charge < -0.3 is 9.73 Å². The van der Waals surface area contributed by atoms with Gasteiger partial charge in [-0.1, -0.05) is 13.3 Å². The molecule has 27 heavy (non-hydrogen) atoms. The highest BCUT2D eigenvalue weighted by Gasteiger charge is 2.26. The summed E-state index contributed by atoms with van der Waals surface area (Å²) in [5, 5.41) is 7.91. The maximum absolute atomic E-state index is 12.6. The first-order valence-electron chi connectivity index (χ1n) is 7.87. The van der Waals surface area contributed by atoms with Gasteiger partial charge in [0.2, 0.25) is 10.0 Å². The van der Waals surface area contributed by atoms with Gasteiger partial charge in [-0.2, -0.15) is 8.42 Å². The molecule has 0 aliphatic rings. The van der Waals surface area contributed by atoms with E-state index < -0.39 is 40.7 Å². The summed E-state index contributed by atoms with van der Waals surface area (Å²) in [5.41, 5.74) is -0.110. The molecule has 0 saturated heterocycles. The maximum atomic E-state index is 12.6. The molecule has 12 heteroatoms. The smallest absolute Gasteiger partial charge is 0.296 e. The van der Waals surface area contributed by atoms with E-state index in [0.717, 1.165) is 12.5 Å². The molecule has 0 spiro atoms. The summed E-state index contributed by atoms with van der Waals surface area (Å²) in [6.07, 6.45) is 2.74. The summed E-state index contributed by atoms with van der Waals surface area (Å²) >= 11 is 0. The first kappa shape index (κ1) is 21.6. The molecular weight excluding hydrogens is 416 g/mol. The molecule has 9 nitrogen and oxygen atoms in total. The fourth-order valence-corrected chi connectivity index (χ4v) is 5.58. The Morgan fingerprint density at radius 1 is 1.22 bits per heavy atom. The Morgan fingerprint density at radius 2 is 1.93 bits per heavy atom. The molecule has 0 saturated carbocycles. The lowest BCUT2D eigenvalue weighted by Gasteiger charge is -2.15. The molecule has 0 aliphatic carbocycles. The standard InChI is InChI=1S/C15H20N2O7S3/c1-2-3-7-25(18)13-8-12(17-10-11-5-4-6-24-11)14(27(21,22)23)9-15(13)26(16,19)20/h4-6,8-9,17H,2-3,7,10H2,1H3,(H2,16,19,20)(H,21,22,23). The van der Waals surface area contributed by atoms with E-state index in [1.54, 1.807) is 12.1 Å². The van der Waals surface area contributed by atoms with Gasteiger partial charge in [-0.15, -0.1) is 0 Å². The molecule has 0 fully saturated rings. The minimum Gasteiger partial charge on any atom is -0.467 e. The Bertz CT molecular complexity index is 1030. The third-order valence-corrected chi connectivity index (χ3v) is 7.05. The molecule has 150 valence electrons. The van der Waals surface area contributed by atoms with Crippen molar-refractivity contribution in [3.8, 4) is 0 Å². The third kappa shape index (κ3) is 5.62. The van der Waals surface area contributed by atoms with E-state index in [2.05, 4.69) is 5.32 Å². The molecule has 1 unspecified atom stereocenters. The number of sulfonamides is 1. The number of hydrogen-bond donors (Lipinski definition) is 3. The van der Waals surface area contributed by atoms with Crippen LogP contribution in [-0.4, -0.2) is 31.4 Å². The largest absolute Gasteiger partial charge is 0.467 e. The van der Waals surface area contributed by atoms with Gasteiger partial charge >= 0.3 is 0 Å². The molecular formula is C15H20N2O7S3. The molecule has 0 aliphatic heterocycles. The maximum Gasteiger partial charge on any atom is 0.296 e. The first-order valence-corrected chi connectivity index (χ1v) is 12.2. The summed E-state index contributed by atoms with van der Waals surface area (Å²) in [4.78, 5) is -1.41. The van der Waals surface area contributed by atoms with Gasteiger partial charge in [-0.25, -0.2) is 13.6 Å². The number of nitrogens with two attached hydrogens (primary N) is 1. The van der Waals surface area contributed by atoms with E-state index in [-0.39, 0.29) is 22.9 Å². The zero-order valence-electron chi connectivity index (χ0n) is 14.4. The van der Waals surface area contributed by atoms with Crippen molar-refractivity contribution >= 4 is 36.6 Å². The quantitative estimate of drug-likeness (QED) is 0.501. The summed E-state index contributed by atoms with van der Waals surface area (Å²) in [6, 6.07) is 5.11. The SMILES string of the molecule is CCCCS(=O)c1cc(NCc2ccco2)c(S(=O)(=O)O)cc1S(N)(=O)=O. The van der Waals surface area contributed by atoms with Gasteiger partial charge in [-0.3, -0.25) is 8.76 Å². The summed E-state index contributed by atoms with van der Waals surface area (Å²) in [6.45, 7) is 1.95. The summed E-state index contributed by atoms with van der Waals surface area (Å²) in [7, 11) is -10.9. The van der Waals surface area contributed by atoms with E-state index in [0.29, 0.717) is 18.2 Å². The van der Waals surface area contributed by atoms with Gasteiger partial charge in [0, 0.05) is 5.75 Å². The number of hydrogen-bond acceptors (Lipinski definition) is 7. The van der Waals surface area contributed by atoms with Gasteiger partial charge in [-0.05, 0) is 30.7 Å². The number of benzene rings is 1. The molecule has 1 heterocycles. The van der Waals surface area contributed by atoms with Crippen LogP contribution >= 0.6 is 0 Å². The van der Waals surface area contributed by atoms with E-state index in [4.69, 9.17) is 9.56 Å². The molecule has 1 aromatic heterocycles. The van der Waals surface area contributed by atoms with Gasteiger partial charge in [0.25, 0.3) is 10.1 Å². The fraction of sp³-hybridized carbons (Fsp3) is 0.333. The average molecular weight is 437 g/mol. The van der Waals surface area contributed by atoms with Crippen molar-refractivity contribution in [2.45, 2.75) is 41.0 Å². The second kappa shape index (κ2) is 8.52. The normalized spacial score (nSPS) is 13.4. The Hall–Kier alpha value is -1.73. The first-order chi connectivity index (χ1) is 12.5.